The number of anilines is 1. The molecule has 4 N–H and O–H groups in total. The van der Waals surface area contributed by atoms with E-state index in [4.69, 9.17) is 5.73 Å². The van der Waals surface area contributed by atoms with Gasteiger partial charge < -0.3 is 16.4 Å². The molecule has 0 spiro atoms. The number of thioether (sulfide) groups is 1. The summed E-state index contributed by atoms with van der Waals surface area (Å²) in [6, 6.07) is 14.7. The summed E-state index contributed by atoms with van der Waals surface area (Å²) in [6.45, 7) is 0.461. The molecule has 2 aromatic rings. The van der Waals surface area contributed by atoms with Gasteiger partial charge in [0, 0.05) is 17.1 Å². The van der Waals surface area contributed by atoms with Crippen LogP contribution in [-0.2, 0) is 17.8 Å². The number of carbonyl (C=O) groups is 2. The summed E-state index contributed by atoms with van der Waals surface area (Å²) >= 11 is 1.62. The third kappa shape index (κ3) is 3.84. The van der Waals surface area contributed by atoms with Gasteiger partial charge in [0.05, 0.1) is 5.25 Å². The Kier molecular flexibility index (Phi) is 4.52. The zero-order chi connectivity index (χ0) is 16.2. The Bertz CT molecular complexity index is 706. The fourth-order valence-electron chi connectivity index (χ4n) is 2.48. The van der Waals surface area contributed by atoms with Crippen LogP contribution in [0.2, 0.25) is 0 Å². The van der Waals surface area contributed by atoms with E-state index in [-0.39, 0.29) is 11.2 Å². The topological polar surface area (TPSA) is 84.2 Å². The minimum atomic E-state index is -0.594. The van der Waals surface area contributed by atoms with Gasteiger partial charge in [0.25, 0.3) is 0 Å². The Balaban J connectivity index is 1.53. The highest BCUT2D eigenvalue weighted by Gasteiger charge is 2.27. The quantitative estimate of drug-likeness (QED) is 0.807. The van der Waals surface area contributed by atoms with Crippen molar-refractivity contribution in [3.05, 3.63) is 59.7 Å². The molecule has 0 fully saturated rings. The molecule has 0 saturated carbocycles. The Morgan fingerprint density at radius 3 is 2.57 bits per heavy atom. The fourth-order valence-corrected chi connectivity index (χ4v) is 3.70. The van der Waals surface area contributed by atoms with Gasteiger partial charge in [-0.15, -0.1) is 11.8 Å². The molecule has 1 atom stereocenters. The largest absolute Gasteiger partial charge is 0.351 e. The lowest BCUT2D eigenvalue weighted by Crippen LogP contribution is -2.31. The molecule has 0 saturated heterocycles. The molecule has 23 heavy (non-hydrogen) atoms. The molecule has 5 nitrogen and oxygen atoms in total. The predicted octanol–water partition coefficient (Wildman–Crippen LogP) is 2.51. The van der Waals surface area contributed by atoms with Crippen LogP contribution >= 0.6 is 11.8 Å². The highest BCUT2D eigenvalue weighted by molar-refractivity contribution is 8.01. The Hall–Kier alpha value is -2.47. The number of amides is 3. The normalized spacial score (nSPS) is 15.7. The summed E-state index contributed by atoms with van der Waals surface area (Å²) in [5.74, 6) is 0.0468. The second-order valence-electron chi connectivity index (χ2n) is 5.32. The summed E-state index contributed by atoms with van der Waals surface area (Å²) in [5.41, 5.74) is 7.89. The maximum absolute atomic E-state index is 12.3. The lowest BCUT2D eigenvalue weighted by molar-refractivity contribution is -0.120. The number of nitrogens with two attached hydrogens (primary N) is 1. The Morgan fingerprint density at radius 2 is 1.87 bits per heavy atom. The number of fused-ring (bicyclic) bond motifs is 1. The van der Waals surface area contributed by atoms with E-state index in [0.29, 0.717) is 12.2 Å². The SMILES string of the molecule is NC(=O)Nc1ccc(CNC(=O)C2Cc3ccccc3S2)cc1. The van der Waals surface area contributed by atoms with Crippen molar-refractivity contribution >= 4 is 29.4 Å². The summed E-state index contributed by atoms with van der Waals surface area (Å²) < 4.78 is 0. The van der Waals surface area contributed by atoms with Crippen LogP contribution in [-0.4, -0.2) is 17.2 Å². The molecule has 1 heterocycles. The average Bonchev–Trinajstić information content (AvgIpc) is 2.97. The summed E-state index contributed by atoms with van der Waals surface area (Å²) in [5, 5.41) is 5.40. The first-order valence-electron chi connectivity index (χ1n) is 7.29. The molecule has 3 amide bonds. The van der Waals surface area contributed by atoms with E-state index < -0.39 is 6.03 Å². The first kappa shape index (κ1) is 15.4. The van der Waals surface area contributed by atoms with Crippen LogP contribution in [0, 0.1) is 0 Å². The number of urea groups is 1. The lowest BCUT2D eigenvalue weighted by atomic mass is 10.1. The van der Waals surface area contributed by atoms with Crippen LogP contribution in [0.3, 0.4) is 0 Å². The van der Waals surface area contributed by atoms with Crippen molar-refractivity contribution in [3.63, 3.8) is 0 Å². The van der Waals surface area contributed by atoms with E-state index in [1.54, 1.807) is 23.9 Å². The van der Waals surface area contributed by atoms with Gasteiger partial charge in [-0.25, -0.2) is 4.79 Å². The third-order valence-electron chi connectivity index (χ3n) is 3.63. The molecule has 1 aliphatic rings. The molecule has 2 aromatic carbocycles. The first-order chi connectivity index (χ1) is 11.1. The highest BCUT2D eigenvalue weighted by atomic mass is 32.2. The van der Waals surface area contributed by atoms with Crippen LogP contribution in [0.15, 0.2) is 53.4 Å². The van der Waals surface area contributed by atoms with E-state index in [0.717, 1.165) is 12.0 Å². The van der Waals surface area contributed by atoms with Crippen molar-refractivity contribution in [2.45, 2.75) is 23.1 Å². The summed E-state index contributed by atoms with van der Waals surface area (Å²) in [6.07, 6.45) is 0.772. The van der Waals surface area contributed by atoms with Gasteiger partial charge in [-0.1, -0.05) is 30.3 Å². The molecular formula is C17H17N3O2S. The molecule has 1 unspecified atom stereocenters. The standard InChI is InChI=1S/C17H17N3O2S/c18-17(22)20-13-7-5-11(6-8-13)10-19-16(21)15-9-12-3-1-2-4-14(12)23-15/h1-8,15H,9-10H2,(H,19,21)(H3,18,20,22). The molecule has 0 bridgehead atoms. The van der Waals surface area contributed by atoms with Crippen molar-refractivity contribution in [3.8, 4) is 0 Å². The molecule has 3 rings (SSSR count). The van der Waals surface area contributed by atoms with Crippen LogP contribution in [0.4, 0.5) is 10.5 Å². The van der Waals surface area contributed by atoms with Crippen molar-refractivity contribution in [2.75, 3.05) is 5.32 Å². The highest BCUT2D eigenvalue weighted by Crippen LogP contribution is 2.36. The average molecular weight is 327 g/mol. The van der Waals surface area contributed by atoms with E-state index in [9.17, 15) is 9.59 Å². The molecule has 118 valence electrons. The van der Waals surface area contributed by atoms with E-state index in [2.05, 4.69) is 22.8 Å². The Morgan fingerprint density at radius 1 is 1.13 bits per heavy atom. The van der Waals surface area contributed by atoms with Crippen molar-refractivity contribution in [1.29, 1.82) is 0 Å². The van der Waals surface area contributed by atoms with Gasteiger partial charge in [-0.2, -0.15) is 0 Å². The lowest BCUT2D eigenvalue weighted by Gasteiger charge is -2.10. The molecule has 0 aromatic heterocycles. The van der Waals surface area contributed by atoms with Crippen LogP contribution in [0.25, 0.3) is 0 Å². The second kappa shape index (κ2) is 6.75. The van der Waals surface area contributed by atoms with Crippen LogP contribution < -0.4 is 16.4 Å². The minimum absolute atomic E-state index is 0.0468. The minimum Gasteiger partial charge on any atom is -0.351 e. The van der Waals surface area contributed by atoms with Gasteiger partial charge in [0.1, 0.15) is 0 Å². The third-order valence-corrected chi connectivity index (χ3v) is 4.95. The fraction of sp³-hybridized carbons (Fsp3) is 0.176. The van der Waals surface area contributed by atoms with Crippen molar-refractivity contribution < 1.29 is 9.59 Å². The number of hydrogen-bond acceptors (Lipinski definition) is 3. The molecule has 0 aliphatic carbocycles. The predicted molar refractivity (Wildman–Crippen MR) is 91.3 cm³/mol. The van der Waals surface area contributed by atoms with Gasteiger partial charge in [-0.05, 0) is 35.7 Å². The number of benzene rings is 2. The maximum atomic E-state index is 12.3. The molecular weight excluding hydrogens is 310 g/mol. The van der Waals surface area contributed by atoms with Gasteiger partial charge in [-0.3, -0.25) is 4.79 Å². The second-order valence-corrected chi connectivity index (χ2v) is 6.57. The summed E-state index contributed by atoms with van der Waals surface area (Å²) in [7, 11) is 0. The molecule has 6 heteroatoms. The van der Waals surface area contributed by atoms with E-state index >= 15 is 0 Å². The number of primary amides is 1. The maximum Gasteiger partial charge on any atom is 0.316 e. The van der Waals surface area contributed by atoms with Gasteiger partial charge in [0.2, 0.25) is 5.91 Å². The monoisotopic (exact) mass is 327 g/mol. The van der Waals surface area contributed by atoms with Gasteiger partial charge >= 0.3 is 6.03 Å². The number of carbonyl (C=O) groups excluding carboxylic acids is 2. The van der Waals surface area contributed by atoms with Crippen molar-refractivity contribution in [1.82, 2.24) is 5.32 Å². The van der Waals surface area contributed by atoms with Crippen LogP contribution in [0.1, 0.15) is 11.1 Å². The smallest absolute Gasteiger partial charge is 0.316 e. The van der Waals surface area contributed by atoms with Gasteiger partial charge in [0.15, 0.2) is 0 Å². The summed E-state index contributed by atoms with van der Waals surface area (Å²) in [4.78, 5) is 24.2. The zero-order valence-corrected chi connectivity index (χ0v) is 13.2. The molecule has 0 radical (unpaired) electrons. The number of nitrogens with one attached hydrogen (secondary N) is 2. The van der Waals surface area contributed by atoms with Crippen LogP contribution in [0.5, 0.6) is 0 Å². The number of hydrogen-bond donors (Lipinski definition) is 3. The Labute approximate surface area is 138 Å². The van der Waals surface area contributed by atoms with Crippen molar-refractivity contribution in [2.24, 2.45) is 5.73 Å². The van der Waals surface area contributed by atoms with E-state index in [1.165, 1.54) is 10.5 Å². The molecule has 1 aliphatic heterocycles. The number of rotatable bonds is 4. The zero-order valence-electron chi connectivity index (χ0n) is 12.4. The van der Waals surface area contributed by atoms with E-state index in [1.807, 2.05) is 24.3 Å². The first-order valence-corrected chi connectivity index (χ1v) is 8.17.